The van der Waals surface area contributed by atoms with Crippen molar-refractivity contribution < 1.29 is 32.2 Å². The number of nitrogens with zero attached hydrogens (tertiary/aromatic N) is 2. The first-order valence-corrected chi connectivity index (χ1v) is 10.7. The van der Waals surface area contributed by atoms with Gasteiger partial charge in [-0.05, 0) is 49.9 Å². The predicted octanol–water partition coefficient (Wildman–Crippen LogP) is 3.73. The molecule has 2 aromatic carbocycles. The van der Waals surface area contributed by atoms with E-state index in [1.807, 2.05) is 28.0 Å². The van der Waals surface area contributed by atoms with E-state index in [-0.39, 0.29) is 12.5 Å². The first kappa shape index (κ1) is 23.2. The van der Waals surface area contributed by atoms with Crippen molar-refractivity contribution in [1.29, 1.82) is 0 Å². The van der Waals surface area contributed by atoms with Gasteiger partial charge in [-0.2, -0.15) is 13.2 Å². The van der Waals surface area contributed by atoms with E-state index in [0.717, 1.165) is 17.7 Å². The van der Waals surface area contributed by atoms with Crippen molar-refractivity contribution in [2.24, 2.45) is 0 Å². The molecule has 0 aliphatic carbocycles. The number of halogens is 3. The van der Waals surface area contributed by atoms with Crippen molar-refractivity contribution in [3.05, 3.63) is 47.5 Å². The van der Waals surface area contributed by atoms with E-state index in [0.29, 0.717) is 50.0 Å². The number of hydrogen-bond acceptors (Lipinski definition) is 6. The molecule has 0 saturated carbocycles. The monoisotopic (exact) mass is 465 g/mol. The molecule has 0 bridgehead atoms. The molecule has 0 radical (unpaired) electrons. The smallest absolute Gasteiger partial charge is 0.416 e. The SMILES string of the molecule is CC(C(=O)Nc1cc(C(F)(F)F)ccc1N1CCOCC1)N(C)Cc1ccc2c(c1)OCO2. The maximum absolute atomic E-state index is 13.3. The summed E-state index contributed by atoms with van der Waals surface area (Å²) in [4.78, 5) is 16.7. The number of ether oxygens (including phenoxy) is 3. The van der Waals surface area contributed by atoms with Gasteiger partial charge in [-0.1, -0.05) is 6.07 Å². The van der Waals surface area contributed by atoms with Crippen molar-refractivity contribution in [2.45, 2.75) is 25.7 Å². The Morgan fingerprint density at radius 2 is 1.85 bits per heavy atom. The lowest BCUT2D eigenvalue weighted by molar-refractivity contribution is -0.137. The Bertz CT molecular complexity index is 1010. The number of fused-ring (bicyclic) bond motifs is 1. The minimum Gasteiger partial charge on any atom is -0.454 e. The molecule has 33 heavy (non-hydrogen) atoms. The van der Waals surface area contributed by atoms with Gasteiger partial charge in [0.05, 0.1) is 36.2 Å². The minimum atomic E-state index is -4.51. The average Bonchev–Trinajstić information content (AvgIpc) is 3.26. The van der Waals surface area contributed by atoms with Crippen LogP contribution in [0.15, 0.2) is 36.4 Å². The van der Waals surface area contributed by atoms with Crippen LogP contribution in [0.4, 0.5) is 24.5 Å². The zero-order valence-corrected chi connectivity index (χ0v) is 18.4. The molecule has 178 valence electrons. The van der Waals surface area contributed by atoms with Gasteiger partial charge in [0.15, 0.2) is 11.5 Å². The van der Waals surface area contributed by atoms with Crippen LogP contribution in [0.1, 0.15) is 18.1 Å². The number of likely N-dealkylation sites (N-methyl/N-ethyl adjacent to an activating group) is 1. The van der Waals surface area contributed by atoms with Crippen LogP contribution in [0.25, 0.3) is 0 Å². The van der Waals surface area contributed by atoms with Crippen LogP contribution < -0.4 is 19.7 Å². The van der Waals surface area contributed by atoms with Gasteiger partial charge in [0.25, 0.3) is 0 Å². The molecule has 2 heterocycles. The van der Waals surface area contributed by atoms with E-state index in [9.17, 15) is 18.0 Å². The third-order valence-electron chi connectivity index (χ3n) is 5.84. The van der Waals surface area contributed by atoms with Crippen LogP contribution in [0.3, 0.4) is 0 Å². The fourth-order valence-corrected chi connectivity index (χ4v) is 3.79. The number of hydrogen-bond donors (Lipinski definition) is 1. The van der Waals surface area contributed by atoms with Crippen LogP contribution in [0.5, 0.6) is 11.5 Å². The minimum absolute atomic E-state index is 0.139. The second kappa shape index (κ2) is 9.48. The fourth-order valence-electron chi connectivity index (χ4n) is 3.79. The number of morpholine rings is 1. The third-order valence-corrected chi connectivity index (χ3v) is 5.84. The number of amides is 1. The van der Waals surface area contributed by atoms with Crippen molar-refractivity contribution >= 4 is 17.3 Å². The molecule has 1 atom stereocenters. The Balaban J connectivity index is 1.49. The van der Waals surface area contributed by atoms with Crippen molar-refractivity contribution in [3.63, 3.8) is 0 Å². The summed E-state index contributed by atoms with van der Waals surface area (Å²) < 4.78 is 56.0. The molecule has 0 spiro atoms. The summed E-state index contributed by atoms with van der Waals surface area (Å²) in [6.45, 7) is 4.36. The Morgan fingerprint density at radius 3 is 2.58 bits per heavy atom. The van der Waals surface area contributed by atoms with Crippen LogP contribution >= 0.6 is 0 Å². The molecule has 7 nitrogen and oxygen atoms in total. The number of alkyl halides is 3. The quantitative estimate of drug-likeness (QED) is 0.702. The number of rotatable bonds is 6. The summed E-state index contributed by atoms with van der Waals surface area (Å²) in [6, 6.07) is 8.40. The highest BCUT2D eigenvalue weighted by molar-refractivity contribution is 5.97. The first-order valence-electron chi connectivity index (χ1n) is 10.7. The van der Waals surface area contributed by atoms with E-state index in [1.165, 1.54) is 6.07 Å². The number of carbonyl (C=O) groups excluding carboxylic acids is 1. The van der Waals surface area contributed by atoms with E-state index in [1.54, 1.807) is 14.0 Å². The third kappa shape index (κ3) is 5.33. The van der Waals surface area contributed by atoms with Gasteiger partial charge in [-0.25, -0.2) is 0 Å². The average molecular weight is 465 g/mol. The van der Waals surface area contributed by atoms with Crippen LogP contribution in [-0.2, 0) is 22.3 Å². The van der Waals surface area contributed by atoms with Crippen LogP contribution in [0.2, 0.25) is 0 Å². The second-order valence-corrected chi connectivity index (χ2v) is 8.10. The van der Waals surface area contributed by atoms with Gasteiger partial charge in [-0.3, -0.25) is 9.69 Å². The molecule has 1 fully saturated rings. The Hall–Kier alpha value is -2.98. The first-order chi connectivity index (χ1) is 15.7. The molecule has 4 rings (SSSR count). The van der Waals surface area contributed by atoms with E-state index < -0.39 is 23.7 Å². The summed E-state index contributed by atoms with van der Waals surface area (Å²) in [5.74, 6) is 0.927. The second-order valence-electron chi connectivity index (χ2n) is 8.10. The molecule has 2 aliphatic heterocycles. The van der Waals surface area contributed by atoms with Gasteiger partial charge in [0.1, 0.15) is 0 Å². The van der Waals surface area contributed by atoms with Gasteiger partial charge < -0.3 is 24.4 Å². The highest BCUT2D eigenvalue weighted by Crippen LogP contribution is 2.36. The van der Waals surface area contributed by atoms with Gasteiger partial charge in [-0.15, -0.1) is 0 Å². The zero-order valence-electron chi connectivity index (χ0n) is 18.4. The van der Waals surface area contributed by atoms with Gasteiger partial charge >= 0.3 is 6.18 Å². The van der Waals surface area contributed by atoms with E-state index in [4.69, 9.17) is 14.2 Å². The number of benzene rings is 2. The molecule has 1 saturated heterocycles. The summed E-state index contributed by atoms with van der Waals surface area (Å²) >= 11 is 0. The van der Waals surface area contributed by atoms with Crippen molar-refractivity contribution in [3.8, 4) is 11.5 Å². The molecule has 1 N–H and O–H groups in total. The summed E-state index contributed by atoms with van der Waals surface area (Å²) in [5, 5.41) is 2.72. The summed E-state index contributed by atoms with van der Waals surface area (Å²) in [7, 11) is 1.78. The molecule has 2 aromatic rings. The standard InChI is InChI=1S/C23H26F3N3O4/c1-15(28(2)13-16-3-6-20-21(11-16)33-14-32-20)22(30)27-18-12-17(23(24,25)26)4-5-19(18)29-7-9-31-10-8-29/h3-6,11-12,15H,7-10,13-14H2,1-2H3,(H,27,30). The lowest BCUT2D eigenvalue weighted by atomic mass is 10.1. The number of carbonyl (C=O) groups is 1. The molecule has 2 aliphatic rings. The van der Waals surface area contributed by atoms with Crippen LogP contribution in [0, 0.1) is 0 Å². The molecular formula is C23H26F3N3O4. The Kier molecular flexibility index (Phi) is 6.66. The van der Waals surface area contributed by atoms with Gasteiger partial charge in [0.2, 0.25) is 12.7 Å². The normalized spacial score (nSPS) is 16.7. The molecule has 1 unspecified atom stereocenters. The molecular weight excluding hydrogens is 439 g/mol. The van der Waals surface area contributed by atoms with Gasteiger partial charge in [0, 0.05) is 19.6 Å². The van der Waals surface area contributed by atoms with E-state index in [2.05, 4.69) is 5.32 Å². The fraction of sp³-hybridized carbons (Fsp3) is 0.435. The molecule has 1 amide bonds. The van der Waals surface area contributed by atoms with Crippen molar-refractivity contribution in [2.75, 3.05) is 50.4 Å². The molecule has 0 aromatic heterocycles. The predicted molar refractivity (Wildman–Crippen MR) is 117 cm³/mol. The Labute approximate surface area is 190 Å². The topological polar surface area (TPSA) is 63.3 Å². The largest absolute Gasteiger partial charge is 0.454 e. The highest BCUT2D eigenvalue weighted by atomic mass is 19.4. The highest BCUT2D eigenvalue weighted by Gasteiger charge is 2.32. The summed E-state index contributed by atoms with van der Waals surface area (Å²) in [6.07, 6.45) is -4.51. The molecule has 10 heteroatoms. The maximum Gasteiger partial charge on any atom is 0.416 e. The Morgan fingerprint density at radius 1 is 1.12 bits per heavy atom. The lowest BCUT2D eigenvalue weighted by Crippen LogP contribution is -2.40. The maximum atomic E-state index is 13.3. The van der Waals surface area contributed by atoms with Crippen LogP contribution in [-0.4, -0.2) is 57.0 Å². The zero-order chi connectivity index (χ0) is 23.6. The van der Waals surface area contributed by atoms with E-state index >= 15 is 0 Å². The van der Waals surface area contributed by atoms with Crippen molar-refractivity contribution in [1.82, 2.24) is 4.90 Å². The number of nitrogens with one attached hydrogen (secondary N) is 1. The summed E-state index contributed by atoms with van der Waals surface area (Å²) in [5.41, 5.74) is 0.802. The lowest BCUT2D eigenvalue weighted by Gasteiger charge is -2.31. The number of anilines is 2.